The Morgan fingerprint density at radius 3 is 2.50 bits per heavy atom. The Labute approximate surface area is 156 Å². The molecule has 8 heteroatoms. The first-order valence-electron chi connectivity index (χ1n) is 8.91. The van der Waals surface area contributed by atoms with Gasteiger partial charge in [-0.15, -0.1) is 12.6 Å². The molecule has 1 aromatic rings. The number of morpholine rings is 1. The first kappa shape index (κ1) is 19.4. The van der Waals surface area contributed by atoms with Gasteiger partial charge in [0.05, 0.1) is 24.5 Å². The van der Waals surface area contributed by atoms with Gasteiger partial charge >= 0.3 is 6.18 Å². The number of anilines is 2. The summed E-state index contributed by atoms with van der Waals surface area (Å²) in [5, 5.41) is 2.46. The summed E-state index contributed by atoms with van der Waals surface area (Å²) in [4.78, 5) is 14.2. The van der Waals surface area contributed by atoms with E-state index in [1.807, 2.05) is 4.90 Å². The molecule has 1 saturated carbocycles. The third kappa shape index (κ3) is 4.65. The number of nitrogens with one attached hydrogen (secondary N) is 1. The van der Waals surface area contributed by atoms with Crippen LogP contribution in [0.15, 0.2) is 17.0 Å². The molecular weight excluding hydrogens is 365 g/mol. The van der Waals surface area contributed by atoms with E-state index in [1.54, 1.807) is 6.07 Å². The predicted molar refractivity (Wildman–Crippen MR) is 96.9 cm³/mol. The number of carbonyl (C=O) groups is 1. The van der Waals surface area contributed by atoms with E-state index in [-0.39, 0.29) is 28.8 Å². The first-order valence-corrected chi connectivity index (χ1v) is 9.36. The van der Waals surface area contributed by atoms with Gasteiger partial charge in [-0.1, -0.05) is 12.8 Å². The van der Waals surface area contributed by atoms with Gasteiger partial charge in [0.1, 0.15) is 0 Å². The van der Waals surface area contributed by atoms with E-state index in [0.29, 0.717) is 32.0 Å². The average Bonchev–Trinajstić information content (AvgIpc) is 3.09. The first-order chi connectivity index (χ1) is 12.3. The third-order valence-electron chi connectivity index (χ3n) is 5.00. The maximum atomic E-state index is 13.6. The summed E-state index contributed by atoms with van der Waals surface area (Å²) in [6.07, 6.45) is -0.229. The topological polar surface area (TPSA) is 41.6 Å². The molecule has 1 amide bonds. The standard InChI is InChI=1S/C18H23F3N2O2S/c19-18(20,21)14-10-13(23-5-7-25-8-6-23)11-15(26)17(14)22-16(24)9-12-3-1-2-4-12/h10-12,26H,1-9H2,(H,22,24). The van der Waals surface area contributed by atoms with Gasteiger partial charge in [0.25, 0.3) is 0 Å². The summed E-state index contributed by atoms with van der Waals surface area (Å²) in [6.45, 7) is 2.00. The molecule has 26 heavy (non-hydrogen) atoms. The number of hydrogen-bond acceptors (Lipinski definition) is 4. The quantitative estimate of drug-likeness (QED) is 0.754. The minimum absolute atomic E-state index is 0.126. The van der Waals surface area contributed by atoms with E-state index in [2.05, 4.69) is 17.9 Å². The largest absolute Gasteiger partial charge is 0.418 e. The van der Waals surface area contributed by atoms with E-state index >= 15 is 0 Å². The molecule has 1 aliphatic carbocycles. The van der Waals surface area contributed by atoms with Crippen molar-refractivity contribution in [2.24, 2.45) is 5.92 Å². The molecular formula is C18H23F3N2O2S. The fraction of sp³-hybridized carbons (Fsp3) is 0.611. The highest BCUT2D eigenvalue weighted by Crippen LogP contribution is 2.41. The molecule has 4 nitrogen and oxygen atoms in total. The molecule has 1 aliphatic heterocycles. The highest BCUT2D eigenvalue weighted by atomic mass is 32.1. The number of halogens is 3. The summed E-state index contributed by atoms with van der Waals surface area (Å²) in [6, 6.07) is 2.67. The second-order valence-corrected chi connectivity index (χ2v) is 7.37. The van der Waals surface area contributed by atoms with E-state index in [9.17, 15) is 18.0 Å². The number of rotatable bonds is 4. The van der Waals surface area contributed by atoms with Gasteiger partial charge in [-0.3, -0.25) is 4.79 Å². The number of alkyl halides is 3. The van der Waals surface area contributed by atoms with E-state index in [1.165, 1.54) is 0 Å². The lowest BCUT2D eigenvalue weighted by atomic mass is 10.0. The Hall–Kier alpha value is -1.41. The summed E-state index contributed by atoms with van der Waals surface area (Å²) in [5.74, 6) is -0.114. The Morgan fingerprint density at radius 2 is 1.88 bits per heavy atom. The van der Waals surface area contributed by atoms with Crippen molar-refractivity contribution in [3.8, 4) is 0 Å². The number of thiol groups is 1. The van der Waals surface area contributed by atoms with Crippen LogP contribution in [0.25, 0.3) is 0 Å². The lowest BCUT2D eigenvalue weighted by molar-refractivity contribution is -0.137. The highest BCUT2D eigenvalue weighted by Gasteiger charge is 2.36. The number of carbonyl (C=O) groups excluding carboxylic acids is 1. The van der Waals surface area contributed by atoms with Crippen LogP contribution < -0.4 is 10.2 Å². The highest BCUT2D eigenvalue weighted by molar-refractivity contribution is 7.80. The number of hydrogen-bond donors (Lipinski definition) is 2. The van der Waals surface area contributed by atoms with Crippen LogP contribution in [0.2, 0.25) is 0 Å². The molecule has 0 bridgehead atoms. The van der Waals surface area contributed by atoms with Crippen LogP contribution in [0.1, 0.15) is 37.7 Å². The second kappa shape index (κ2) is 8.08. The molecule has 0 atom stereocenters. The van der Waals surface area contributed by atoms with Crippen LogP contribution in [0.5, 0.6) is 0 Å². The zero-order valence-electron chi connectivity index (χ0n) is 14.4. The van der Waals surface area contributed by atoms with Crippen molar-refractivity contribution in [1.29, 1.82) is 0 Å². The lowest BCUT2D eigenvalue weighted by Gasteiger charge is -2.30. The molecule has 0 aromatic heterocycles. The molecule has 1 saturated heterocycles. The van der Waals surface area contributed by atoms with Gasteiger partial charge in [0.15, 0.2) is 0 Å². The van der Waals surface area contributed by atoms with Gasteiger partial charge < -0.3 is 15.0 Å². The van der Waals surface area contributed by atoms with Gasteiger partial charge in [-0.05, 0) is 30.9 Å². The van der Waals surface area contributed by atoms with E-state index in [4.69, 9.17) is 4.74 Å². The summed E-state index contributed by atoms with van der Waals surface area (Å²) >= 11 is 4.24. The fourth-order valence-corrected chi connectivity index (χ4v) is 3.95. The zero-order chi connectivity index (χ0) is 18.7. The maximum Gasteiger partial charge on any atom is 0.418 e. The van der Waals surface area contributed by atoms with Gasteiger partial charge in [-0.25, -0.2) is 0 Å². The van der Waals surface area contributed by atoms with E-state index < -0.39 is 11.7 Å². The Balaban J connectivity index is 1.84. The Kier molecular flexibility index (Phi) is 6.02. The number of amides is 1. The van der Waals surface area contributed by atoms with Crippen molar-refractivity contribution in [2.45, 2.75) is 43.2 Å². The Bertz CT molecular complexity index is 655. The predicted octanol–water partition coefficient (Wildman–Crippen LogP) is 4.35. The second-order valence-electron chi connectivity index (χ2n) is 6.89. The molecule has 0 unspecified atom stereocenters. The molecule has 144 valence electrons. The SMILES string of the molecule is O=C(CC1CCCC1)Nc1c(S)cc(N2CCOCC2)cc1C(F)(F)F. The zero-order valence-corrected chi connectivity index (χ0v) is 15.3. The number of nitrogens with zero attached hydrogens (tertiary/aromatic N) is 1. The summed E-state index contributed by atoms with van der Waals surface area (Å²) in [5.41, 5.74) is -0.661. The molecule has 1 aromatic carbocycles. The molecule has 2 aliphatic rings. The molecule has 1 N–H and O–H groups in total. The molecule has 0 radical (unpaired) electrons. The van der Waals surface area contributed by atoms with E-state index in [0.717, 1.165) is 31.7 Å². The van der Waals surface area contributed by atoms with Crippen molar-refractivity contribution in [3.63, 3.8) is 0 Å². The monoisotopic (exact) mass is 388 g/mol. The van der Waals surface area contributed by atoms with Crippen LogP contribution in [-0.4, -0.2) is 32.2 Å². The van der Waals surface area contributed by atoms with Crippen molar-refractivity contribution in [2.75, 3.05) is 36.5 Å². The van der Waals surface area contributed by atoms with Gasteiger partial charge in [-0.2, -0.15) is 13.2 Å². The average molecular weight is 388 g/mol. The minimum Gasteiger partial charge on any atom is -0.378 e. The van der Waals surface area contributed by atoms with Crippen LogP contribution in [-0.2, 0) is 15.7 Å². The van der Waals surface area contributed by atoms with Crippen molar-refractivity contribution in [1.82, 2.24) is 0 Å². The van der Waals surface area contributed by atoms with Crippen molar-refractivity contribution in [3.05, 3.63) is 17.7 Å². The van der Waals surface area contributed by atoms with Crippen LogP contribution in [0.3, 0.4) is 0 Å². The van der Waals surface area contributed by atoms with Crippen LogP contribution in [0, 0.1) is 5.92 Å². The molecule has 2 fully saturated rings. The van der Waals surface area contributed by atoms with Gasteiger partial charge in [0.2, 0.25) is 5.91 Å². The molecule has 0 spiro atoms. The normalized spacial score (nSPS) is 19.0. The van der Waals surface area contributed by atoms with Crippen molar-refractivity contribution < 1.29 is 22.7 Å². The van der Waals surface area contributed by atoms with Crippen LogP contribution in [0.4, 0.5) is 24.5 Å². The van der Waals surface area contributed by atoms with Gasteiger partial charge in [0, 0.05) is 30.1 Å². The van der Waals surface area contributed by atoms with Crippen molar-refractivity contribution >= 4 is 29.9 Å². The van der Waals surface area contributed by atoms with Crippen LogP contribution >= 0.6 is 12.6 Å². The fourth-order valence-electron chi connectivity index (χ4n) is 3.64. The number of benzene rings is 1. The lowest BCUT2D eigenvalue weighted by Crippen LogP contribution is -2.36. The summed E-state index contributed by atoms with van der Waals surface area (Å²) in [7, 11) is 0. The Morgan fingerprint density at radius 1 is 1.23 bits per heavy atom. The molecule has 1 heterocycles. The summed E-state index contributed by atoms with van der Waals surface area (Å²) < 4.78 is 46.1. The minimum atomic E-state index is -4.57. The number of ether oxygens (including phenoxy) is 1. The smallest absolute Gasteiger partial charge is 0.378 e. The molecule has 3 rings (SSSR count). The maximum absolute atomic E-state index is 13.6. The third-order valence-corrected chi connectivity index (χ3v) is 5.35.